The van der Waals surface area contributed by atoms with E-state index in [-0.39, 0.29) is 10.7 Å². The molecule has 0 amide bonds. The number of hydrogen-bond acceptors (Lipinski definition) is 5. The molecule has 0 saturated carbocycles. The molecule has 1 aromatic heterocycles. The van der Waals surface area contributed by atoms with Crippen LogP contribution >= 0.6 is 0 Å². The van der Waals surface area contributed by atoms with E-state index in [0.717, 1.165) is 5.39 Å². The van der Waals surface area contributed by atoms with Crippen molar-refractivity contribution in [1.82, 2.24) is 5.16 Å². The van der Waals surface area contributed by atoms with Crippen molar-refractivity contribution in [3.63, 3.8) is 0 Å². The van der Waals surface area contributed by atoms with Crippen LogP contribution < -0.4 is 10.5 Å². The quantitative estimate of drug-likeness (QED) is 0.724. The topological polar surface area (TPSA) is 98.2 Å². The van der Waals surface area contributed by atoms with Gasteiger partial charge in [-0.25, -0.2) is 8.42 Å². The second-order valence-electron chi connectivity index (χ2n) is 4.67. The first-order valence-corrected chi connectivity index (χ1v) is 7.68. The lowest BCUT2D eigenvalue weighted by atomic mass is 10.1. The molecular weight excluding hydrogens is 290 g/mol. The summed E-state index contributed by atoms with van der Waals surface area (Å²) in [6.45, 7) is 1.69. The molecule has 7 heteroatoms. The van der Waals surface area contributed by atoms with Gasteiger partial charge in [-0.2, -0.15) is 0 Å². The van der Waals surface area contributed by atoms with Crippen molar-refractivity contribution in [1.29, 1.82) is 0 Å². The van der Waals surface area contributed by atoms with Crippen molar-refractivity contribution in [2.24, 2.45) is 0 Å². The van der Waals surface area contributed by atoms with E-state index in [0.29, 0.717) is 16.8 Å². The maximum Gasteiger partial charge on any atom is 0.263 e. The molecule has 1 heterocycles. The Bertz CT molecular complexity index is 916. The predicted molar refractivity (Wildman–Crippen MR) is 80.4 cm³/mol. The summed E-state index contributed by atoms with van der Waals surface area (Å²) in [4.78, 5) is 0.167. The van der Waals surface area contributed by atoms with Gasteiger partial charge in [0.2, 0.25) is 0 Å². The first-order valence-electron chi connectivity index (χ1n) is 6.20. The highest BCUT2D eigenvalue weighted by atomic mass is 32.2. The smallest absolute Gasteiger partial charge is 0.263 e. The maximum absolute atomic E-state index is 12.5. The fourth-order valence-electron chi connectivity index (χ4n) is 2.11. The minimum Gasteiger partial charge on any atom is -0.399 e. The van der Waals surface area contributed by atoms with Crippen LogP contribution in [0.15, 0.2) is 51.9 Å². The highest BCUT2D eigenvalue weighted by Crippen LogP contribution is 2.26. The minimum absolute atomic E-state index is 0.153. The van der Waals surface area contributed by atoms with Crippen LogP contribution in [0.4, 0.5) is 11.5 Å². The van der Waals surface area contributed by atoms with E-state index in [9.17, 15) is 8.42 Å². The van der Waals surface area contributed by atoms with Crippen LogP contribution in [0.25, 0.3) is 10.8 Å². The molecular formula is C14H13N3O3S. The number of nitrogens with zero attached hydrogens (tertiary/aromatic N) is 1. The van der Waals surface area contributed by atoms with Crippen molar-refractivity contribution in [2.75, 3.05) is 10.5 Å². The molecule has 108 valence electrons. The Kier molecular flexibility index (Phi) is 3.06. The number of fused-ring (bicyclic) bond motifs is 1. The Morgan fingerprint density at radius 2 is 2.00 bits per heavy atom. The maximum atomic E-state index is 12.5. The number of aromatic nitrogens is 1. The zero-order chi connectivity index (χ0) is 15.0. The Morgan fingerprint density at radius 3 is 2.71 bits per heavy atom. The third-order valence-electron chi connectivity index (χ3n) is 3.02. The second kappa shape index (κ2) is 4.78. The van der Waals surface area contributed by atoms with Crippen LogP contribution in [0.2, 0.25) is 0 Å². The van der Waals surface area contributed by atoms with Crippen LogP contribution in [-0.4, -0.2) is 13.6 Å². The molecule has 2 aromatic carbocycles. The Balaban J connectivity index is 2.10. The van der Waals surface area contributed by atoms with Gasteiger partial charge in [0, 0.05) is 17.1 Å². The van der Waals surface area contributed by atoms with Crippen molar-refractivity contribution < 1.29 is 12.9 Å². The first kappa shape index (κ1) is 13.4. The summed E-state index contributed by atoms with van der Waals surface area (Å²) in [6, 6.07) is 11.6. The van der Waals surface area contributed by atoms with Crippen LogP contribution in [0.3, 0.4) is 0 Å². The summed E-state index contributed by atoms with van der Waals surface area (Å²) >= 11 is 0. The number of nitrogens with one attached hydrogen (secondary N) is 1. The second-order valence-corrected chi connectivity index (χ2v) is 6.32. The summed E-state index contributed by atoms with van der Waals surface area (Å²) in [6.07, 6.45) is 0. The van der Waals surface area contributed by atoms with Gasteiger partial charge in [0.15, 0.2) is 5.82 Å². The van der Waals surface area contributed by atoms with Crippen LogP contribution in [-0.2, 0) is 10.0 Å². The normalized spacial score (nSPS) is 11.7. The Labute approximate surface area is 121 Å². The van der Waals surface area contributed by atoms with Crippen LogP contribution in [0, 0.1) is 6.92 Å². The number of nitrogens with two attached hydrogens (primary N) is 1. The highest BCUT2D eigenvalue weighted by Gasteiger charge is 2.19. The van der Waals surface area contributed by atoms with Crippen molar-refractivity contribution in [3.8, 4) is 0 Å². The van der Waals surface area contributed by atoms with E-state index in [1.54, 1.807) is 31.2 Å². The monoisotopic (exact) mass is 303 g/mol. The lowest BCUT2D eigenvalue weighted by molar-refractivity contribution is 0.400. The average Bonchev–Trinajstić information content (AvgIpc) is 2.82. The van der Waals surface area contributed by atoms with E-state index in [1.807, 2.05) is 6.07 Å². The van der Waals surface area contributed by atoms with Gasteiger partial charge < -0.3 is 10.3 Å². The number of hydrogen-bond donors (Lipinski definition) is 2. The lowest BCUT2D eigenvalue weighted by Crippen LogP contribution is -2.13. The molecule has 0 spiro atoms. The standard InChI is InChI=1S/C14H13N3O3S/c1-9-7-14(16-20-9)17-21(18,19)13-4-2-3-10-8-11(15)5-6-12(10)13/h2-8H,15H2,1H3,(H,16,17). The van der Waals surface area contributed by atoms with Gasteiger partial charge in [0.1, 0.15) is 5.76 Å². The fraction of sp³-hybridized carbons (Fsp3) is 0.0714. The van der Waals surface area contributed by atoms with Gasteiger partial charge in [-0.1, -0.05) is 23.4 Å². The fourth-order valence-corrected chi connectivity index (χ4v) is 3.33. The Morgan fingerprint density at radius 1 is 1.19 bits per heavy atom. The number of nitrogen functional groups attached to an aromatic ring is 1. The molecule has 0 aliphatic heterocycles. The number of anilines is 2. The molecule has 3 rings (SSSR count). The van der Waals surface area contributed by atoms with E-state index in [1.165, 1.54) is 12.1 Å². The minimum atomic E-state index is -3.75. The zero-order valence-corrected chi connectivity index (χ0v) is 12.0. The van der Waals surface area contributed by atoms with Crippen molar-refractivity contribution in [3.05, 3.63) is 48.2 Å². The number of aryl methyl sites for hydroxylation is 1. The molecule has 3 aromatic rings. The summed E-state index contributed by atoms with van der Waals surface area (Å²) < 4.78 is 32.2. The summed E-state index contributed by atoms with van der Waals surface area (Å²) in [5, 5.41) is 4.99. The van der Waals surface area contributed by atoms with E-state index < -0.39 is 10.0 Å². The molecule has 0 saturated heterocycles. The summed E-state index contributed by atoms with van der Waals surface area (Å²) in [5.74, 6) is 0.679. The van der Waals surface area contributed by atoms with E-state index in [2.05, 4.69) is 9.88 Å². The molecule has 0 aliphatic carbocycles. The van der Waals surface area contributed by atoms with Gasteiger partial charge in [0.05, 0.1) is 4.90 Å². The average molecular weight is 303 g/mol. The Hall–Kier alpha value is -2.54. The number of sulfonamides is 1. The summed E-state index contributed by atoms with van der Waals surface area (Å²) in [7, 11) is -3.75. The third-order valence-corrected chi connectivity index (χ3v) is 4.43. The predicted octanol–water partition coefficient (Wildman–Crippen LogP) is 2.52. The number of rotatable bonds is 3. The SMILES string of the molecule is Cc1cc(NS(=O)(=O)c2cccc3cc(N)ccc23)no1. The largest absolute Gasteiger partial charge is 0.399 e. The molecule has 0 fully saturated rings. The molecule has 0 unspecified atom stereocenters. The molecule has 0 atom stereocenters. The van der Waals surface area contributed by atoms with Gasteiger partial charge >= 0.3 is 0 Å². The lowest BCUT2D eigenvalue weighted by Gasteiger charge is -2.08. The third kappa shape index (κ3) is 2.55. The van der Waals surface area contributed by atoms with E-state index in [4.69, 9.17) is 10.3 Å². The molecule has 0 aliphatic rings. The number of benzene rings is 2. The molecule has 6 nitrogen and oxygen atoms in total. The summed E-state index contributed by atoms with van der Waals surface area (Å²) in [5.41, 5.74) is 6.30. The van der Waals surface area contributed by atoms with Crippen LogP contribution in [0.5, 0.6) is 0 Å². The van der Waals surface area contributed by atoms with Gasteiger partial charge in [0.25, 0.3) is 10.0 Å². The highest BCUT2D eigenvalue weighted by molar-refractivity contribution is 7.93. The molecule has 0 radical (unpaired) electrons. The molecule has 21 heavy (non-hydrogen) atoms. The van der Waals surface area contributed by atoms with Gasteiger partial charge in [-0.15, -0.1) is 0 Å². The molecule has 0 bridgehead atoms. The van der Waals surface area contributed by atoms with Gasteiger partial charge in [-0.3, -0.25) is 4.72 Å². The van der Waals surface area contributed by atoms with Crippen LogP contribution in [0.1, 0.15) is 5.76 Å². The van der Waals surface area contributed by atoms with Gasteiger partial charge in [-0.05, 0) is 30.5 Å². The van der Waals surface area contributed by atoms with Crippen molar-refractivity contribution in [2.45, 2.75) is 11.8 Å². The van der Waals surface area contributed by atoms with Crippen molar-refractivity contribution >= 4 is 32.3 Å². The molecule has 3 N–H and O–H groups in total. The first-order chi connectivity index (χ1) is 9.95. The zero-order valence-electron chi connectivity index (χ0n) is 11.2. The van der Waals surface area contributed by atoms with E-state index >= 15 is 0 Å².